The molecule has 0 aromatic heterocycles. The normalized spacial score (nSPS) is 18.1. The molecule has 1 heterocycles. The average Bonchev–Trinajstić information content (AvgIpc) is 2.86. The molecule has 202 valence electrons. The number of fused-ring (bicyclic) bond motifs is 1. The van der Waals surface area contributed by atoms with Gasteiger partial charge in [-0.3, -0.25) is 4.79 Å². The van der Waals surface area contributed by atoms with Crippen LogP contribution in [-0.2, 0) is 14.8 Å². The molecule has 37 heavy (non-hydrogen) atoms. The number of sulfonamides is 1. The molecule has 0 radical (unpaired) electrons. The van der Waals surface area contributed by atoms with Gasteiger partial charge in [-0.05, 0) is 69.9 Å². The highest BCUT2D eigenvalue weighted by molar-refractivity contribution is 7.89. The van der Waals surface area contributed by atoms with Crippen LogP contribution in [0.1, 0.15) is 76.1 Å². The summed E-state index contributed by atoms with van der Waals surface area (Å²) in [6, 6.07) is 9.98. The SMILES string of the molecule is CC(C)(C)OC(=O)N1CCC(NS(=O)(=O)c2ccc(C(=O)NCC3CCCCC3)c3ccccc23)CC1. The molecule has 2 N–H and O–H groups in total. The zero-order valence-corrected chi connectivity index (χ0v) is 22.9. The van der Waals surface area contributed by atoms with Gasteiger partial charge in [-0.2, -0.15) is 0 Å². The molecule has 0 bridgehead atoms. The molecule has 2 aromatic rings. The Balaban J connectivity index is 1.44. The van der Waals surface area contributed by atoms with E-state index in [0.29, 0.717) is 54.7 Å². The van der Waals surface area contributed by atoms with Crippen molar-refractivity contribution in [3.8, 4) is 0 Å². The first-order valence-corrected chi connectivity index (χ1v) is 14.8. The Hall–Kier alpha value is -2.65. The van der Waals surface area contributed by atoms with Crippen LogP contribution in [0.15, 0.2) is 41.3 Å². The van der Waals surface area contributed by atoms with E-state index >= 15 is 0 Å². The first-order valence-electron chi connectivity index (χ1n) is 13.3. The third kappa shape index (κ3) is 7.02. The van der Waals surface area contributed by atoms with Crippen molar-refractivity contribution in [1.82, 2.24) is 14.9 Å². The minimum atomic E-state index is -3.84. The Morgan fingerprint density at radius 1 is 0.946 bits per heavy atom. The van der Waals surface area contributed by atoms with Crippen LogP contribution in [0.3, 0.4) is 0 Å². The maximum Gasteiger partial charge on any atom is 0.410 e. The number of benzene rings is 2. The molecule has 8 nitrogen and oxygen atoms in total. The lowest BCUT2D eigenvalue weighted by Gasteiger charge is -2.33. The smallest absolute Gasteiger partial charge is 0.410 e. The second-order valence-corrected chi connectivity index (χ2v) is 12.9. The third-order valence-corrected chi connectivity index (χ3v) is 8.74. The van der Waals surface area contributed by atoms with E-state index < -0.39 is 15.6 Å². The Bertz CT molecular complexity index is 1220. The summed E-state index contributed by atoms with van der Waals surface area (Å²) in [5.74, 6) is 0.336. The number of amides is 2. The van der Waals surface area contributed by atoms with Crippen molar-refractivity contribution in [2.45, 2.75) is 82.3 Å². The van der Waals surface area contributed by atoms with Crippen molar-refractivity contribution in [1.29, 1.82) is 0 Å². The lowest BCUT2D eigenvalue weighted by atomic mass is 9.89. The van der Waals surface area contributed by atoms with Gasteiger partial charge in [0.1, 0.15) is 5.60 Å². The van der Waals surface area contributed by atoms with Crippen LogP contribution < -0.4 is 10.0 Å². The molecule has 1 aliphatic carbocycles. The summed E-state index contributed by atoms with van der Waals surface area (Å²) in [7, 11) is -3.84. The second kappa shape index (κ2) is 11.4. The minimum absolute atomic E-state index is 0.154. The number of rotatable bonds is 6. The molecular weight excluding hydrogens is 490 g/mol. The van der Waals surface area contributed by atoms with E-state index in [1.807, 2.05) is 26.8 Å². The molecule has 2 aliphatic rings. The van der Waals surface area contributed by atoms with E-state index in [0.717, 1.165) is 12.8 Å². The highest BCUT2D eigenvalue weighted by Crippen LogP contribution is 2.28. The van der Waals surface area contributed by atoms with Gasteiger partial charge in [-0.15, -0.1) is 0 Å². The van der Waals surface area contributed by atoms with Gasteiger partial charge in [-0.25, -0.2) is 17.9 Å². The van der Waals surface area contributed by atoms with E-state index in [2.05, 4.69) is 10.0 Å². The van der Waals surface area contributed by atoms with Gasteiger partial charge < -0.3 is 15.0 Å². The van der Waals surface area contributed by atoms with E-state index in [1.165, 1.54) is 25.3 Å². The zero-order valence-electron chi connectivity index (χ0n) is 22.1. The van der Waals surface area contributed by atoms with Crippen molar-refractivity contribution < 1.29 is 22.7 Å². The molecule has 1 saturated carbocycles. The van der Waals surface area contributed by atoms with E-state index in [4.69, 9.17) is 4.74 Å². The Kier molecular flexibility index (Phi) is 8.43. The van der Waals surface area contributed by atoms with Crippen LogP contribution in [0.25, 0.3) is 10.8 Å². The van der Waals surface area contributed by atoms with Crippen molar-refractivity contribution in [3.63, 3.8) is 0 Å². The Labute approximate surface area is 220 Å². The molecule has 2 aromatic carbocycles. The van der Waals surface area contributed by atoms with Crippen LogP contribution in [0.2, 0.25) is 0 Å². The highest BCUT2D eigenvalue weighted by atomic mass is 32.2. The fourth-order valence-corrected chi connectivity index (χ4v) is 6.73. The topological polar surface area (TPSA) is 105 Å². The molecule has 0 atom stereocenters. The summed E-state index contributed by atoms with van der Waals surface area (Å²) < 4.78 is 35.1. The number of hydrogen-bond donors (Lipinski definition) is 2. The minimum Gasteiger partial charge on any atom is -0.444 e. The molecule has 1 saturated heterocycles. The zero-order chi connectivity index (χ0) is 26.6. The number of likely N-dealkylation sites (tertiary alicyclic amines) is 1. The second-order valence-electron chi connectivity index (χ2n) is 11.2. The lowest BCUT2D eigenvalue weighted by molar-refractivity contribution is 0.0203. The van der Waals surface area contributed by atoms with Gasteiger partial charge >= 0.3 is 6.09 Å². The number of carbonyl (C=O) groups excluding carboxylic acids is 2. The largest absolute Gasteiger partial charge is 0.444 e. The molecule has 9 heteroatoms. The lowest BCUT2D eigenvalue weighted by Crippen LogP contribution is -2.47. The van der Waals surface area contributed by atoms with Gasteiger partial charge in [0, 0.05) is 36.6 Å². The monoisotopic (exact) mass is 529 g/mol. The van der Waals surface area contributed by atoms with Gasteiger partial charge in [0.05, 0.1) is 4.90 Å². The molecule has 0 spiro atoms. The fourth-order valence-electron chi connectivity index (χ4n) is 5.22. The quantitative estimate of drug-likeness (QED) is 0.558. The van der Waals surface area contributed by atoms with Crippen molar-refractivity contribution in [2.75, 3.05) is 19.6 Å². The predicted octanol–water partition coefficient (Wildman–Crippen LogP) is 4.83. The van der Waals surface area contributed by atoms with Crippen molar-refractivity contribution in [2.24, 2.45) is 5.92 Å². The first kappa shape index (κ1) is 27.4. The number of hydrogen-bond acceptors (Lipinski definition) is 5. The maximum absolute atomic E-state index is 13.4. The van der Waals surface area contributed by atoms with Crippen LogP contribution in [0.5, 0.6) is 0 Å². The Morgan fingerprint density at radius 2 is 1.59 bits per heavy atom. The average molecular weight is 530 g/mol. The predicted molar refractivity (Wildman–Crippen MR) is 144 cm³/mol. The number of nitrogens with one attached hydrogen (secondary N) is 2. The van der Waals surface area contributed by atoms with Crippen molar-refractivity contribution >= 4 is 32.8 Å². The summed E-state index contributed by atoms with van der Waals surface area (Å²) in [6.07, 6.45) is 6.59. The van der Waals surface area contributed by atoms with Crippen LogP contribution in [-0.4, -0.2) is 56.6 Å². The molecular formula is C28H39N3O5S. The van der Waals surface area contributed by atoms with Gasteiger partial charge in [0.2, 0.25) is 10.0 Å². The number of ether oxygens (including phenoxy) is 1. The van der Waals surface area contributed by atoms with E-state index in [1.54, 1.807) is 29.2 Å². The molecule has 4 rings (SSSR count). The molecule has 2 fully saturated rings. The summed E-state index contributed by atoms with van der Waals surface area (Å²) in [5, 5.41) is 4.20. The fraction of sp³-hybridized carbons (Fsp3) is 0.571. The van der Waals surface area contributed by atoms with Gasteiger partial charge in [-0.1, -0.05) is 43.5 Å². The standard InChI is InChI=1S/C28H39N3O5S/c1-28(2,3)36-27(33)31-17-15-21(16-18-31)30-37(34,35)25-14-13-24(22-11-7-8-12-23(22)25)26(32)29-19-20-9-5-4-6-10-20/h7-8,11-14,20-21,30H,4-6,9-10,15-19H2,1-3H3,(H,29,32). The van der Waals surface area contributed by atoms with Gasteiger partial charge in [0.15, 0.2) is 0 Å². The maximum atomic E-state index is 13.4. The van der Waals surface area contributed by atoms with Crippen LogP contribution >= 0.6 is 0 Å². The summed E-state index contributed by atoms with van der Waals surface area (Å²) in [5.41, 5.74) is -0.0915. The number of piperidine rings is 1. The van der Waals surface area contributed by atoms with E-state index in [-0.39, 0.29) is 22.9 Å². The summed E-state index contributed by atoms with van der Waals surface area (Å²) in [4.78, 5) is 27.1. The van der Waals surface area contributed by atoms with Crippen LogP contribution in [0.4, 0.5) is 4.79 Å². The highest BCUT2D eigenvalue weighted by Gasteiger charge is 2.30. The van der Waals surface area contributed by atoms with Crippen LogP contribution in [0, 0.1) is 5.92 Å². The molecule has 1 aliphatic heterocycles. The Morgan fingerprint density at radius 3 is 2.24 bits per heavy atom. The van der Waals surface area contributed by atoms with Gasteiger partial charge in [0.25, 0.3) is 5.91 Å². The first-order chi connectivity index (χ1) is 17.5. The molecule has 0 unspecified atom stereocenters. The van der Waals surface area contributed by atoms with Crippen molar-refractivity contribution in [3.05, 3.63) is 42.0 Å². The van der Waals surface area contributed by atoms with E-state index in [9.17, 15) is 18.0 Å². The number of nitrogens with zero attached hydrogens (tertiary/aromatic N) is 1. The summed E-state index contributed by atoms with van der Waals surface area (Å²) in [6.45, 7) is 6.95. The summed E-state index contributed by atoms with van der Waals surface area (Å²) >= 11 is 0. The third-order valence-electron chi connectivity index (χ3n) is 7.16. The number of carbonyl (C=O) groups is 2. The molecule has 2 amide bonds.